The van der Waals surface area contributed by atoms with Gasteiger partial charge in [0.05, 0.1) is 6.04 Å². The Balaban J connectivity index is 1.37. The number of benzene rings is 2. The molecule has 1 aliphatic heterocycles. The van der Waals surface area contributed by atoms with Crippen LogP contribution in [0.3, 0.4) is 0 Å². The molecule has 2 unspecified atom stereocenters. The summed E-state index contributed by atoms with van der Waals surface area (Å²) >= 11 is 0. The number of carbonyl (C=O) groups excluding carboxylic acids is 3. The molecule has 1 amide bonds. The fraction of sp³-hybridized carbons (Fsp3) is 0.261. The molecule has 2 N–H and O–H groups in total. The molecule has 3 aromatic rings. The first-order chi connectivity index (χ1) is 13.6. The molecule has 2 atom stereocenters. The maximum absolute atomic E-state index is 12.6. The summed E-state index contributed by atoms with van der Waals surface area (Å²) in [5.41, 5.74) is 3.15. The second-order valence-corrected chi connectivity index (χ2v) is 7.25. The summed E-state index contributed by atoms with van der Waals surface area (Å²) in [5, 5.41) is 3.78. The van der Waals surface area contributed by atoms with E-state index in [2.05, 4.69) is 10.3 Å². The van der Waals surface area contributed by atoms with Crippen molar-refractivity contribution in [2.24, 2.45) is 5.92 Å². The highest BCUT2D eigenvalue weighted by molar-refractivity contribution is 6.24. The fourth-order valence-corrected chi connectivity index (χ4v) is 3.87. The van der Waals surface area contributed by atoms with Crippen LogP contribution < -0.4 is 5.32 Å². The normalized spacial score (nSPS) is 19.1. The van der Waals surface area contributed by atoms with Crippen molar-refractivity contribution in [3.8, 4) is 0 Å². The molecule has 2 heterocycles. The summed E-state index contributed by atoms with van der Waals surface area (Å²) in [6, 6.07) is 17.1. The van der Waals surface area contributed by atoms with Crippen LogP contribution in [0.25, 0.3) is 10.9 Å². The van der Waals surface area contributed by atoms with Crippen molar-refractivity contribution in [3.63, 3.8) is 0 Å². The Morgan fingerprint density at radius 1 is 0.929 bits per heavy atom. The van der Waals surface area contributed by atoms with Crippen LogP contribution in [0.4, 0.5) is 0 Å². The molecule has 0 radical (unpaired) electrons. The van der Waals surface area contributed by atoms with Gasteiger partial charge in [-0.2, -0.15) is 0 Å². The Hall–Kier alpha value is -3.21. The van der Waals surface area contributed by atoms with Gasteiger partial charge >= 0.3 is 0 Å². The number of aromatic amines is 1. The number of fused-ring (bicyclic) bond motifs is 1. The predicted molar refractivity (Wildman–Crippen MR) is 107 cm³/mol. The Bertz CT molecular complexity index is 1020. The van der Waals surface area contributed by atoms with E-state index in [-0.39, 0.29) is 18.0 Å². The molecule has 1 aromatic heterocycles. The van der Waals surface area contributed by atoms with Crippen LogP contribution >= 0.6 is 0 Å². The first kappa shape index (κ1) is 18.2. The Morgan fingerprint density at radius 3 is 2.50 bits per heavy atom. The van der Waals surface area contributed by atoms with Crippen molar-refractivity contribution < 1.29 is 14.4 Å². The molecule has 1 aliphatic rings. The summed E-state index contributed by atoms with van der Waals surface area (Å²) in [6.45, 7) is 0. The molecule has 1 fully saturated rings. The number of hydrogen-bond acceptors (Lipinski definition) is 3. The second-order valence-electron chi connectivity index (χ2n) is 7.25. The number of carbonyl (C=O) groups is 3. The number of para-hydroxylation sites is 1. The topological polar surface area (TPSA) is 79.0 Å². The van der Waals surface area contributed by atoms with Gasteiger partial charge in [0.2, 0.25) is 5.91 Å². The third-order valence-electron chi connectivity index (χ3n) is 5.41. The predicted octanol–water partition coefficient (Wildman–Crippen LogP) is 2.99. The Labute approximate surface area is 163 Å². The van der Waals surface area contributed by atoms with Crippen LogP contribution in [-0.2, 0) is 27.2 Å². The molecule has 5 nitrogen and oxygen atoms in total. The van der Waals surface area contributed by atoms with E-state index in [1.165, 1.54) is 0 Å². The minimum absolute atomic E-state index is 0.178. The van der Waals surface area contributed by atoms with Gasteiger partial charge in [0.15, 0.2) is 17.5 Å². The van der Waals surface area contributed by atoms with Crippen LogP contribution in [0.15, 0.2) is 60.8 Å². The summed E-state index contributed by atoms with van der Waals surface area (Å²) in [6.07, 6.45) is 3.78. The van der Waals surface area contributed by atoms with Crippen molar-refractivity contribution in [1.29, 1.82) is 0 Å². The third kappa shape index (κ3) is 3.60. The number of aryl methyl sites for hydroxylation is 2. The quantitative estimate of drug-likeness (QED) is 0.624. The number of amides is 1. The van der Waals surface area contributed by atoms with E-state index >= 15 is 0 Å². The van der Waals surface area contributed by atoms with Crippen LogP contribution in [0.1, 0.15) is 24.0 Å². The van der Waals surface area contributed by atoms with Crippen molar-refractivity contribution in [1.82, 2.24) is 10.3 Å². The number of hydrogen-bond donors (Lipinski definition) is 2. The molecular formula is C23H22N2O3. The third-order valence-corrected chi connectivity index (χ3v) is 5.41. The highest BCUT2D eigenvalue weighted by atomic mass is 16.2. The zero-order chi connectivity index (χ0) is 19.5. The van der Waals surface area contributed by atoms with Gasteiger partial charge in [-0.25, -0.2) is 0 Å². The smallest absolute Gasteiger partial charge is 0.238 e. The number of Topliss-reactive ketones (excluding diaryl/α,β-unsaturated/α-hetero) is 2. The van der Waals surface area contributed by atoms with E-state index in [4.69, 9.17) is 0 Å². The minimum atomic E-state index is -1.16. The lowest BCUT2D eigenvalue weighted by Gasteiger charge is -2.08. The number of rotatable bonds is 7. The van der Waals surface area contributed by atoms with E-state index < -0.39 is 17.9 Å². The largest absolute Gasteiger partial charge is 0.361 e. The lowest BCUT2D eigenvalue weighted by atomic mass is 9.92. The van der Waals surface area contributed by atoms with Crippen molar-refractivity contribution in [2.75, 3.05) is 0 Å². The molecule has 0 spiro atoms. The lowest BCUT2D eigenvalue weighted by Crippen LogP contribution is -2.29. The van der Waals surface area contributed by atoms with Gasteiger partial charge in [-0.3, -0.25) is 14.4 Å². The van der Waals surface area contributed by atoms with Gasteiger partial charge in [0.1, 0.15) is 0 Å². The maximum atomic E-state index is 12.6. The monoisotopic (exact) mass is 374 g/mol. The first-order valence-corrected chi connectivity index (χ1v) is 9.59. The molecule has 0 bridgehead atoms. The van der Waals surface area contributed by atoms with Crippen molar-refractivity contribution >= 4 is 28.4 Å². The minimum Gasteiger partial charge on any atom is -0.361 e. The average Bonchev–Trinajstić information content (AvgIpc) is 3.25. The molecule has 1 saturated heterocycles. The van der Waals surface area contributed by atoms with Crippen LogP contribution in [0.2, 0.25) is 0 Å². The van der Waals surface area contributed by atoms with E-state index in [0.29, 0.717) is 19.3 Å². The average molecular weight is 374 g/mol. The summed E-state index contributed by atoms with van der Waals surface area (Å²) in [4.78, 5) is 40.7. The van der Waals surface area contributed by atoms with Gasteiger partial charge < -0.3 is 10.3 Å². The van der Waals surface area contributed by atoms with E-state index in [9.17, 15) is 14.4 Å². The van der Waals surface area contributed by atoms with E-state index in [1.54, 1.807) is 0 Å². The standard InChI is InChI=1S/C23H22N2O3/c26-20(13-11-16-14-24-18-9-5-4-8-17(16)18)21-22(27)19(25-23(21)28)12-10-15-6-2-1-3-7-15/h1-9,14,19,21,24H,10-13H2,(H,25,28). The van der Waals surface area contributed by atoms with Gasteiger partial charge in [-0.1, -0.05) is 48.5 Å². The van der Waals surface area contributed by atoms with Gasteiger partial charge in [-0.15, -0.1) is 0 Å². The van der Waals surface area contributed by atoms with Crippen molar-refractivity contribution in [2.45, 2.75) is 31.7 Å². The molecule has 5 heteroatoms. The van der Waals surface area contributed by atoms with Crippen LogP contribution in [0, 0.1) is 5.92 Å². The molecule has 142 valence electrons. The lowest BCUT2D eigenvalue weighted by molar-refractivity contribution is -0.136. The summed E-state index contributed by atoms with van der Waals surface area (Å²) in [5.74, 6) is -2.20. The molecule has 0 saturated carbocycles. The van der Waals surface area contributed by atoms with E-state index in [1.807, 2.05) is 60.8 Å². The summed E-state index contributed by atoms with van der Waals surface area (Å²) in [7, 11) is 0. The van der Waals surface area contributed by atoms with E-state index in [0.717, 1.165) is 22.0 Å². The number of aromatic nitrogens is 1. The SMILES string of the molecule is O=C(CCc1c[nH]c2ccccc12)C1C(=O)NC(CCc2ccccc2)C1=O. The fourth-order valence-electron chi connectivity index (χ4n) is 3.87. The van der Waals surface area contributed by atoms with Crippen LogP contribution in [-0.4, -0.2) is 28.5 Å². The Morgan fingerprint density at radius 2 is 1.68 bits per heavy atom. The highest BCUT2D eigenvalue weighted by Crippen LogP contribution is 2.22. The zero-order valence-corrected chi connectivity index (χ0v) is 15.5. The second kappa shape index (κ2) is 7.80. The van der Waals surface area contributed by atoms with Gasteiger partial charge in [0.25, 0.3) is 0 Å². The molecule has 2 aromatic carbocycles. The molecule has 0 aliphatic carbocycles. The van der Waals surface area contributed by atoms with Gasteiger partial charge in [0, 0.05) is 23.5 Å². The maximum Gasteiger partial charge on any atom is 0.238 e. The highest BCUT2D eigenvalue weighted by Gasteiger charge is 2.44. The zero-order valence-electron chi connectivity index (χ0n) is 15.5. The number of H-pyrrole nitrogens is 1. The van der Waals surface area contributed by atoms with Crippen LogP contribution in [0.5, 0.6) is 0 Å². The number of ketones is 2. The number of nitrogens with one attached hydrogen (secondary N) is 2. The first-order valence-electron chi connectivity index (χ1n) is 9.59. The van der Waals surface area contributed by atoms with Crippen molar-refractivity contribution in [3.05, 3.63) is 71.9 Å². The molecular weight excluding hydrogens is 352 g/mol. The summed E-state index contributed by atoms with van der Waals surface area (Å²) < 4.78 is 0. The Kier molecular flexibility index (Phi) is 5.06. The molecule has 4 rings (SSSR count). The van der Waals surface area contributed by atoms with Gasteiger partial charge in [-0.05, 0) is 36.5 Å². The molecule has 28 heavy (non-hydrogen) atoms.